The van der Waals surface area contributed by atoms with Crippen LogP contribution in [0.15, 0.2) is 30.6 Å². The topological polar surface area (TPSA) is 140 Å². The fraction of sp³-hybridized carbons (Fsp3) is 0.433. The Morgan fingerprint density at radius 2 is 1.91 bits per heavy atom. The van der Waals surface area contributed by atoms with Gasteiger partial charge < -0.3 is 26.0 Å². The molecule has 3 atom stereocenters. The zero-order valence-electron chi connectivity index (χ0n) is 25.0. The Kier molecular flexibility index (Phi) is 11.1. The van der Waals surface area contributed by atoms with Gasteiger partial charge in [0, 0.05) is 30.0 Å². The second kappa shape index (κ2) is 14.0. The number of nitrogens with one attached hydrogen (secondary N) is 2. The summed E-state index contributed by atoms with van der Waals surface area (Å²) in [4.78, 5) is 49.8. The van der Waals surface area contributed by atoms with Crippen molar-refractivity contribution >= 4 is 64.0 Å². The van der Waals surface area contributed by atoms with Gasteiger partial charge in [-0.15, -0.1) is 12.4 Å². The minimum absolute atomic E-state index is 0. The minimum atomic E-state index is -0.978. The molecule has 14 heteroatoms. The molecule has 0 radical (unpaired) electrons. The predicted molar refractivity (Wildman–Crippen MR) is 166 cm³/mol. The van der Waals surface area contributed by atoms with E-state index in [1.165, 1.54) is 31.3 Å². The summed E-state index contributed by atoms with van der Waals surface area (Å²) in [5.41, 5.74) is 5.97. The quantitative estimate of drug-likeness (QED) is 0.282. The number of likely N-dealkylation sites (tertiary alicyclic amines) is 1. The summed E-state index contributed by atoms with van der Waals surface area (Å²) in [6, 6.07) is 3.16. The Balaban J connectivity index is 0.00000529. The summed E-state index contributed by atoms with van der Waals surface area (Å²) in [5.74, 6) is -2.28. The highest BCUT2D eigenvalue weighted by molar-refractivity contribution is 6.31. The monoisotopic (exact) mass is 652 g/mol. The third kappa shape index (κ3) is 7.36. The number of carbonyl (C=O) groups excluding carboxylic acids is 3. The number of amides is 2. The average Bonchev–Trinajstić information content (AvgIpc) is 3.45. The standard InChI is InChI=1S/C30H35ClF2N6O4.ClH/c1-15(34)28(41)38-26(30(2,3)4)29(42)39-10-6-7-21(39)22(40)12-16-11-17-20(13-23(16)43-5)35-14-36-27(17)37-19-9-8-18(32)24(31)25(19)33;/h8-9,11,13-15,21,26H,6-7,10,12,34H2,1-5H3,(H,38,41)(H,35,36,37);1H/t15-,21-,26+;/m0./s1. The number of ketones is 1. The van der Waals surface area contributed by atoms with E-state index in [9.17, 15) is 23.2 Å². The van der Waals surface area contributed by atoms with Gasteiger partial charge in [0.2, 0.25) is 11.8 Å². The molecule has 1 aliphatic rings. The summed E-state index contributed by atoms with van der Waals surface area (Å²) < 4.78 is 33.9. The molecule has 1 saturated heterocycles. The van der Waals surface area contributed by atoms with Crippen molar-refractivity contribution in [1.29, 1.82) is 0 Å². The Morgan fingerprint density at radius 1 is 1.20 bits per heavy atom. The smallest absolute Gasteiger partial charge is 0.246 e. The van der Waals surface area contributed by atoms with Gasteiger partial charge in [0.1, 0.15) is 34.8 Å². The number of anilines is 2. The van der Waals surface area contributed by atoms with E-state index >= 15 is 0 Å². The number of carbonyl (C=O) groups is 3. The first-order valence-corrected chi connectivity index (χ1v) is 14.2. The number of methoxy groups -OCH3 is 1. The van der Waals surface area contributed by atoms with E-state index in [4.69, 9.17) is 22.1 Å². The highest BCUT2D eigenvalue weighted by Gasteiger charge is 2.42. The fourth-order valence-corrected chi connectivity index (χ4v) is 5.23. The van der Waals surface area contributed by atoms with Crippen LogP contribution < -0.4 is 21.1 Å². The van der Waals surface area contributed by atoms with Gasteiger partial charge in [0.05, 0.1) is 30.4 Å². The summed E-state index contributed by atoms with van der Waals surface area (Å²) in [5, 5.41) is 5.38. The molecular formula is C30H36Cl2F2N6O4. The van der Waals surface area contributed by atoms with E-state index in [2.05, 4.69) is 20.6 Å². The largest absolute Gasteiger partial charge is 0.496 e. The Hall–Kier alpha value is -3.61. The molecule has 2 aromatic carbocycles. The lowest BCUT2D eigenvalue weighted by molar-refractivity contribution is -0.143. The number of aromatic nitrogens is 2. The molecule has 2 heterocycles. The molecule has 1 fully saturated rings. The Bertz CT molecular complexity index is 1570. The molecule has 0 spiro atoms. The lowest BCUT2D eigenvalue weighted by Crippen LogP contribution is -2.58. The van der Waals surface area contributed by atoms with Gasteiger partial charge in [-0.25, -0.2) is 18.7 Å². The van der Waals surface area contributed by atoms with E-state index in [1.54, 1.807) is 12.1 Å². The van der Waals surface area contributed by atoms with Crippen LogP contribution in [0, 0.1) is 17.0 Å². The van der Waals surface area contributed by atoms with Crippen molar-refractivity contribution in [3.63, 3.8) is 0 Å². The first kappa shape index (κ1) is 34.9. The van der Waals surface area contributed by atoms with Gasteiger partial charge in [-0.2, -0.15) is 0 Å². The average molecular weight is 654 g/mol. The van der Waals surface area contributed by atoms with Crippen LogP contribution in [0.5, 0.6) is 5.75 Å². The van der Waals surface area contributed by atoms with Crippen molar-refractivity contribution in [2.75, 3.05) is 19.0 Å². The van der Waals surface area contributed by atoms with Crippen LogP contribution in [0.2, 0.25) is 5.02 Å². The molecule has 44 heavy (non-hydrogen) atoms. The molecule has 3 aromatic rings. The van der Waals surface area contributed by atoms with Crippen molar-refractivity contribution < 1.29 is 27.9 Å². The first-order valence-electron chi connectivity index (χ1n) is 13.8. The molecule has 1 aromatic heterocycles. The van der Waals surface area contributed by atoms with Gasteiger partial charge >= 0.3 is 0 Å². The molecular weight excluding hydrogens is 617 g/mol. The number of rotatable bonds is 9. The van der Waals surface area contributed by atoms with Crippen molar-refractivity contribution in [3.8, 4) is 5.75 Å². The molecule has 238 valence electrons. The van der Waals surface area contributed by atoms with Gasteiger partial charge in [0.25, 0.3) is 0 Å². The SMILES string of the molecule is COc1cc2ncnc(Nc3ccc(F)c(Cl)c3F)c2cc1CC(=O)[C@@H]1CCCN1C(=O)[C@@H](NC(=O)[C@H](C)N)C(C)(C)C.Cl. The third-order valence-electron chi connectivity index (χ3n) is 7.41. The minimum Gasteiger partial charge on any atom is -0.496 e. The lowest BCUT2D eigenvalue weighted by Gasteiger charge is -2.35. The number of Topliss-reactive ketones (excluding diaryl/α,β-unsaturated/α-hetero) is 1. The van der Waals surface area contributed by atoms with E-state index in [0.717, 1.165) is 6.07 Å². The summed E-state index contributed by atoms with van der Waals surface area (Å²) in [6.07, 6.45) is 2.29. The van der Waals surface area contributed by atoms with Crippen LogP contribution in [-0.2, 0) is 20.8 Å². The fourth-order valence-electron chi connectivity index (χ4n) is 5.07. The van der Waals surface area contributed by atoms with Crippen molar-refractivity contribution in [2.45, 2.75) is 65.1 Å². The van der Waals surface area contributed by atoms with Gasteiger partial charge in [-0.3, -0.25) is 14.4 Å². The highest BCUT2D eigenvalue weighted by atomic mass is 35.5. The van der Waals surface area contributed by atoms with Crippen molar-refractivity contribution in [1.82, 2.24) is 20.2 Å². The summed E-state index contributed by atoms with van der Waals surface area (Å²) >= 11 is 5.74. The Labute approximate surface area is 265 Å². The molecule has 2 amide bonds. The predicted octanol–water partition coefficient (Wildman–Crippen LogP) is 4.72. The molecule has 0 bridgehead atoms. The molecule has 4 N–H and O–H groups in total. The van der Waals surface area contributed by atoms with Crippen LogP contribution in [0.1, 0.15) is 46.1 Å². The second-order valence-electron chi connectivity index (χ2n) is 11.7. The molecule has 1 aliphatic heterocycles. The molecule has 0 saturated carbocycles. The van der Waals surface area contributed by atoms with Crippen LogP contribution in [0.25, 0.3) is 10.9 Å². The zero-order valence-corrected chi connectivity index (χ0v) is 26.6. The van der Waals surface area contributed by atoms with Crippen LogP contribution in [-0.4, -0.2) is 64.2 Å². The van der Waals surface area contributed by atoms with E-state index in [0.29, 0.717) is 41.6 Å². The number of nitrogens with zero attached hydrogens (tertiary/aromatic N) is 3. The number of benzene rings is 2. The maximum Gasteiger partial charge on any atom is 0.246 e. The first-order chi connectivity index (χ1) is 20.2. The number of halogens is 4. The number of hydrogen-bond acceptors (Lipinski definition) is 8. The van der Waals surface area contributed by atoms with E-state index < -0.39 is 46.1 Å². The highest BCUT2D eigenvalue weighted by Crippen LogP contribution is 2.34. The third-order valence-corrected chi connectivity index (χ3v) is 7.76. The number of hydrogen-bond donors (Lipinski definition) is 3. The van der Waals surface area contributed by atoms with Crippen LogP contribution in [0.3, 0.4) is 0 Å². The van der Waals surface area contributed by atoms with Crippen molar-refractivity contribution in [2.24, 2.45) is 11.1 Å². The number of fused-ring (bicyclic) bond motifs is 1. The second-order valence-corrected chi connectivity index (χ2v) is 12.1. The summed E-state index contributed by atoms with van der Waals surface area (Å²) in [7, 11) is 1.46. The van der Waals surface area contributed by atoms with Gasteiger partial charge in [-0.1, -0.05) is 32.4 Å². The van der Waals surface area contributed by atoms with Crippen molar-refractivity contribution in [3.05, 3.63) is 52.8 Å². The Morgan fingerprint density at radius 3 is 2.55 bits per heavy atom. The molecule has 4 rings (SSSR count). The van der Waals surface area contributed by atoms with Crippen LogP contribution >= 0.6 is 24.0 Å². The van der Waals surface area contributed by atoms with E-state index in [1.807, 2.05) is 20.8 Å². The van der Waals surface area contributed by atoms with Gasteiger partial charge in [0.15, 0.2) is 11.6 Å². The van der Waals surface area contributed by atoms with Crippen LogP contribution in [0.4, 0.5) is 20.3 Å². The maximum atomic E-state index is 14.6. The summed E-state index contributed by atoms with van der Waals surface area (Å²) in [6.45, 7) is 7.42. The zero-order chi connectivity index (χ0) is 31.6. The molecule has 0 aliphatic carbocycles. The number of nitrogens with two attached hydrogens (primary N) is 1. The normalized spacial score (nSPS) is 16.2. The molecule has 0 unspecified atom stereocenters. The number of ether oxygens (including phenoxy) is 1. The van der Waals surface area contributed by atoms with E-state index in [-0.39, 0.29) is 42.0 Å². The molecule has 10 nitrogen and oxygen atoms in total. The van der Waals surface area contributed by atoms with Gasteiger partial charge in [-0.05, 0) is 43.4 Å². The maximum absolute atomic E-state index is 14.6. The lowest BCUT2D eigenvalue weighted by atomic mass is 9.85.